The Balaban J connectivity index is 1.92. The average molecular weight is 447 g/mol. The Morgan fingerprint density at radius 2 is 1.94 bits per heavy atom. The van der Waals surface area contributed by atoms with Gasteiger partial charge in [0.15, 0.2) is 5.82 Å². The second kappa shape index (κ2) is 10.0. The number of aromatic nitrogens is 2. The highest BCUT2D eigenvalue weighted by Gasteiger charge is 2.30. The van der Waals surface area contributed by atoms with Crippen molar-refractivity contribution in [2.75, 3.05) is 19.6 Å². The van der Waals surface area contributed by atoms with Gasteiger partial charge in [-0.15, -0.1) is 0 Å². The number of carbonyl (C=O) groups is 1. The average Bonchev–Trinajstić information content (AvgIpc) is 2.79. The number of allylic oxidation sites excluding steroid dienone is 2. The summed E-state index contributed by atoms with van der Waals surface area (Å²) in [5, 5.41) is -0.186. The number of hydrogen-bond acceptors (Lipinski definition) is 4. The Kier molecular flexibility index (Phi) is 7.38. The maximum Gasteiger partial charge on any atom is 0.265 e. The quantitative estimate of drug-likeness (QED) is 0.602. The number of halogens is 3. The number of amides is 1. The molecular formula is C23H25ClF2N4O. The van der Waals surface area contributed by atoms with Crippen LogP contribution >= 0.6 is 11.6 Å². The van der Waals surface area contributed by atoms with Crippen molar-refractivity contribution in [2.24, 2.45) is 0 Å². The molecule has 164 valence electrons. The van der Waals surface area contributed by atoms with Crippen LogP contribution in [0.3, 0.4) is 0 Å². The van der Waals surface area contributed by atoms with Crippen molar-refractivity contribution in [1.29, 1.82) is 0 Å². The zero-order valence-electron chi connectivity index (χ0n) is 17.8. The SMILES string of the molecule is C/C=C(/c1ncccn1)N1CCN(C(=O)c2cccc(C(F)F)c2Cl)C/C1=C(/C)CC. The van der Waals surface area contributed by atoms with Crippen LogP contribution in [0.1, 0.15) is 55.4 Å². The first-order valence-corrected chi connectivity index (χ1v) is 10.5. The highest BCUT2D eigenvalue weighted by Crippen LogP contribution is 2.32. The lowest BCUT2D eigenvalue weighted by Crippen LogP contribution is -2.47. The fourth-order valence-corrected chi connectivity index (χ4v) is 3.89. The smallest absolute Gasteiger partial charge is 0.265 e. The van der Waals surface area contributed by atoms with Crippen LogP contribution in [0.15, 0.2) is 54.0 Å². The summed E-state index contributed by atoms with van der Waals surface area (Å²) in [6.45, 7) is 7.30. The molecule has 8 heteroatoms. The Bertz CT molecular complexity index is 1010. The van der Waals surface area contributed by atoms with Gasteiger partial charge in [-0.1, -0.05) is 42.3 Å². The number of carbonyl (C=O) groups excluding carboxylic acids is 1. The Morgan fingerprint density at radius 1 is 1.23 bits per heavy atom. The van der Waals surface area contributed by atoms with Gasteiger partial charge in [0.25, 0.3) is 12.3 Å². The number of alkyl halides is 2. The van der Waals surface area contributed by atoms with E-state index in [1.165, 1.54) is 18.2 Å². The highest BCUT2D eigenvalue weighted by atomic mass is 35.5. The fraction of sp³-hybridized carbons (Fsp3) is 0.348. The molecule has 1 aromatic heterocycles. The fourth-order valence-electron chi connectivity index (χ4n) is 3.60. The molecule has 2 heterocycles. The Hall–Kier alpha value is -2.80. The van der Waals surface area contributed by atoms with Gasteiger partial charge in [-0.2, -0.15) is 0 Å². The minimum Gasteiger partial charge on any atom is -0.339 e. The van der Waals surface area contributed by atoms with Crippen molar-refractivity contribution in [1.82, 2.24) is 19.8 Å². The molecule has 1 saturated heterocycles. The molecule has 0 radical (unpaired) electrons. The summed E-state index contributed by atoms with van der Waals surface area (Å²) >= 11 is 6.15. The van der Waals surface area contributed by atoms with Crippen molar-refractivity contribution >= 4 is 23.2 Å². The number of benzene rings is 1. The van der Waals surface area contributed by atoms with E-state index in [1.807, 2.05) is 19.9 Å². The normalized spacial score (nSPS) is 16.7. The summed E-state index contributed by atoms with van der Waals surface area (Å²) in [5.74, 6) is 0.255. The largest absolute Gasteiger partial charge is 0.339 e. The molecule has 0 N–H and O–H groups in total. The number of nitrogens with zero attached hydrogens (tertiary/aromatic N) is 4. The van der Waals surface area contributed by atoms with Gasteiger partial charge in [0.2, 0.25) is 0 Å². The standard InChI is InChI=1S/C23H25ClF2N4O/c1-4-15(3)19-14-29(23(31)17-9-6-8-16(20(17)24)21(25)26)12-13-30(19)18(5-2)22-27-10-7-11-28-22/h5-11,21H,4,12-14H2,1-3H3/b18-5-,19-15+. The van der Waals surface area contributed by atoms with Crippen molar-refractivity contribution in [3.05, 3.63) is 76.0 Å². The van der Waals surface area contributed by atoms with Crippen LogP contribution in [0.2, 0.25) is 5.02 Å². The predicted octanol–water partition coefficient (Wildman–Crippen LogP) is 5.57. The predicted molar refractivity (Wildman–Crippen MR) is 118 cm³/mol. The summed E-state index contributed by atoms with van der Waals surface area (Å²) in [6.07, 6.45) is 3.42. The first kappa shape index (κ1) is 22.9. The molecule has 0 aliphatic carbocycles. The highest BCUT2D eigenvalue weighted by molar-refractivity contribution is 6.34. The Labute approximate surface area is 186 Å². The van der Waals surface area contributed by atoms with Gasteiger partial charge in [0, 0.05) is 36.7 Å². The van der Waals surface area contributed by atoms with Crippen LogP contribution in [-0.4, -0.2) is 45.3 Å². The van der Waals surface area contributed by atoms with Crippen LogP contribution in [0.5, 0.6) is 0 Å². The molecule has 1 aromatic carbocycles. The van der Waals surface area contributed by atoms with E-state index in [2.05, 4.69) is 21.8 Å². The summed E-state index contributed by atoms with van der Waals surface area (Å²) in [4.78, 5) is 25.7. The number of rotatable bonds is 5. The van der Waals surface area contributed by atoms with E-state index >= 15 is 0 Å². The molecule has 0 atom stereocenters. The number of piperazine rings is 1. The maximum absolute atomic E-state index is 13.2. The molecule has 1 aliphatic rings. The molecule has 2 aromatic rings. The van der Waals surface area contributed by atoms with Gasteiger partial charge in [0.05, 0.1) is 22.8 Å². The van der Waals surface area contributed by atoms with Gasteiger partial charge < -0.3 is 9.80 Å². The summed E-state index contributed by atoms with van der Waals surface area (Å²) in [5.41, 5.74) is 2.74. The molecule has 1 aliphatic heterocycles. The minimum atomic E-state index is -2.74. The van der Waals surface area contributed by atoms with Crippen LogP contribution in [-0.2, 0) is 0 Å². The molecule has 3 rings (SSSR count). The van der Waals surface area contributed by atoms with Crippen molar-refractivity contribution in [3.8, 4) is 0 Å². The molecule has 0 saturated carbocycles. The molecule has 31 heavy (non-hydrogen) atoms. The van der Waals surface area contributed by atoms with Gasteiger partial charge in [0.1, 0.15) is 0 Å². The molecular weight excluding hydrogens is 422 g/mol. The second-order valence-corrected chi connectivity index (χ2v) is 7.59. The topological polar surface area (TPSA) is 49.3 Å². The maximum atomic E-state index is 13.2. The molecule has 0 spiro atoms. The van der Waals surface area contributed by atoms with Crippen LogP contribution in [0.25, 0.3) is 5.70 Å². The zero-order valence-corrected chi connectivity index (χ0v) is 18.5. The summed E-state index contributed by atoms with van der Waals surface area (Å²) < 4.78 is 26.5. The van der Waals surface area contributed by atoms with E-state index in [9.17, 15) is 13.6 Å². The summed E-state index contributed by atoms with van der Waals surface area (Å²) in [7, 11) is 0. The van der Waals surface area contributed by atoms with Gasteiger partial charge in [-0.3, -0.25) is 4.79 Å². The summed E-state index contributed by atoms with van der Waals surface area (Å²) in [6, 6.07) is 5.94. The van der Waals surface area contributed by atoms with E-state index in [0.717, 1.165) is 23.4 Å². The van der Waals surface area contributed by atoms with Gasteiger partial charge >= 0.3 is 0 Å². The van der Waals surface area contributed by atoms with Crippen molar-refractivity contribution < 1.29 is 13.6 Å². The lowest BCUT2D eigenvalue weighted by Gasteiger charge is -2.40. The molecule has 0 unspecified atom stereocenters. The third-order valence-corrected chi connectivity index (χ3v) is 5.85. The molecule has 1 fully saturated rings. The lowest BCUT2D eigenvalue weighted by atomic mass is 10.1. The van der Waals surface area contributed by atoms with E-state index in [-0.39, 0.29) is 22.1 Å². The Morgan fingerprint density at radius 3 is 2.55 bits per heavy atom. The zero-order chi connectivity index (χ0) is 22.5. The van der Waals surface area contributed by atoms with E-state index in [4.69, 9.17) is 11.6 Å². The van der Waals surface area contributed by atoms with E-state index < -0.39 is 6.43 Å². The van der Waals surface area contributed by atoms with Gasteiger partial charge in [-0.05, 0) is 32.4 Å². The first-order valence-electron chi connectivity index (χ1n) is 10.1. The minimum absolute atomic E-state index is 0.0964. The molecule has 1 amide bonds. The van der Waals surface area contributed by atoms with E-state index in [1.54, 1.807) is 23.4 Å². The van der Waals surface area contributed by atoms with Crippen LogP contribution < -0.4 is 0 Å². The van der Waals surface area contributed by atoms with Crippen LogP contribution in [0.4, 0.5) is 8.78 Å². The van der Waals surface area contributed by atoms with Gasteiger partial charge in [-0.25, -0.2) is 18.7 Å². The first-order chi connectivity index (χ1) is 14.9. The monoisotopic (exact) mass is 446 g/mol. The molecule has 0 bridgehead atoms. The van der Waals surface area contributed by atoms with Crippen molar-refractivity contribution in [2.45, 2.75) is 33.6 Å². The molecule has 5 nitrogen and oxygen atoms in total. The third kappa shape index (κ3) is 4.77. The van der Waals surface area contributed by atoms with Crippen molar-refractivity contribution in [3.63, 3.8) is 0 Å². The van der Waals surface area contributed by atoms with E-state index in [0.29, 0.717) is 25.5 Å². The number of hydrogen-bond donors (Lipinski definition) is 0. The van der Waals surface area contributed by atoms with Crippen LogP contribution in [0, 0.1) is 0 Å². The lowest BCUT2D eigenvalue weighted by molar-refractivity contribution is 0.0722. The third-order valence-electron chi connectivity index (χ3n) is 5.42. The second-order valence-electron chi connectivity index (χ2n) is 7.21.